The van der Waals surface area contributed by atoms with E-state index in [1.54, 1.807) is 7.11 Å². The summed E-state index contributed by atoms with van der Waals surface area (Å²) in [5, 5.41) is 3.20. The third-order valence-corrected chi connectivity index (χ3v) is 4.84. The van der Waals surface area contributed by atoms with Gasteiger partial charge in [0.15, 0.2) is 0 Å². The Morgan fingerprint density at radius 1 is 1.14 bits per heavy atom. The SMILES string of the molecule is COc1ccc(CC(=O)NC2CCC(C(C)(C)C)CC2)cc1. The molecule has 0 saturated heterocycles. The highest BCUT2D eigenvalue weighted by Crippen LogP contribution is 2.37. The van der Waals surface area contributed by atoms with E-state index in [0.717, 1.165) is 30.1 Å². The predicted molar refractivity (Wildman–Crippen MR) is 90.0 cm³/mol. The minimum atomic E-state index is 0.129. The Morgan fingerprint density at radius 2 is 1.73 bits per heavy atom. The first-order valence-corrected chi connectivity index (χ1v) is 8.31. The van der Waals surface area contributed by atoms with Crippen LogP contribution in [0.5, 0.6) is 5.75 Å². The number of ether oxygens (including phenoxy) is 1. The zero-order valence-corrected chi connectivity index (χ0v) is 14.3. The van der Waals surface area contributed by atoms with Gasteiger partial charge in [0.1, 0.15) is 5.75 Å². The van der Waals surface area contributed by atoms with Crippen molar-refractivity contribution in [2.45, 2.75) is 58.9 Å². The van der Waals surface area contributed by atoms with Gasteiger partial charge in [-0.1, -0.05) is 32.9 Å². The zero-order valence-electron chi connectivity index (χ0n) is 14.3. The van der Waals surface area contributed by atoms with Crippen LogP contribution in [0.1, 0.15) is 52.0 Å². The molecule has 3 heteroatoms. The van der Waals surface area contributed by atoms with E-state index >= 15 is 0 Å². The summed E-state index contributed by atoms with van der Waals surface area (Å²) in [5.74, 6) is 1.73. The highest BCUT2D eigenvalue weighted by molar-refractivity contribution is 5.78. The van der Waals surface area contributed by atoms with Crippen LogP contribution in [0, 0.1) is 11.3 Å². The molecule has 0 bridgehead atoms. The van der Waals surface area contributed by atoms with Gasteiger partial charge in [-0.15, -0.1) is 0 Å². The van der Waals surface area contributed by atoms with Crippen LogP contribution in [0.25, 0.3) is 0 Å². The van der Waals surface area contributed by atoms with Gasteiger partial charge in [0.2, 0.25) is 5.91 Å². The van der Waals surface area contributed by atoms with Crippen LogP contribution in [-0.2, 0) is 11.2 Å². The Kier molecular flexibility index (Phi) is 5.49. The average Bonchev–Trinajstić information content (AvgIpc) is 2.47. The van der Waals surface area contributed by atoms with Gasteiger partial charge in [0.05, 0.1) is 13.5 Å². The monoisotopic (exact) mass is 303 g/mol. The average molecular weight is 303 g/mol. The summed E-state index contributed by atoms with van der Waals surface area (Å²) in [6.07, 6.45) is 5.10. The van der Waals surface area contributed by atoms with Crippen molar-refractivity contribution >= 4 is 5.91 Å². The zero-order chi connectivity index (χ0) is 16.2. The maximum Gasteiger partial charge on any atom is 0.224 e. The largest absolute Gasteiger partial charge is 0.497 e. The maximum atomic E-state index is 12.2. The maximum absolute atomic E-state index is 12.2. The van der Waals surface area contributed by atoms with Crippen LogP contribution in [0.3, 0.4) is 0 Å². The molecule has 2 rings (SSSR count). The molecule has 0 atom stereocenters. The van der Waals surface area contributed by atoms with Crippen LogP contribution in [0.2, 0.25) is 0 Å². The molecule has 0 unspecified atom stereocenters. The van der Waals surface area contributed by atoms with Crippen molar-refractivity contribution in [3.8, 4) is 5.75 Å². The first-order valence-electron chi connectivity index (χ1n) is 8.31. The molecule has 1 aromatic rings. The standard InChI is InChI=1S/C19H29NO2/c1-19(2,3)15-7-9-16(10-8-15)20-18(21)13-14-5-11-17(22-4)12-6-14/h5-6,11-12,15-16H,7-10,13H2,1-4H3,(H,20,21). The van der Waals surface area contributed by atoms with Crippen molar-refractivity contribution in [3.05, 3.63) is 29.8 Å². The Morgan fingerprint density at radius 3 is 2.23 bits per heavy atom. The molecule has 1 aliphatic carbocycles. The first kappa shape index (κ1) is 16.9. The van der Waals surface area contributed by atoms with Gasteiger partial charge in [-0.25, -0.2) is 0 Å². The van der Waals surface area contributed by atoms with E-state index in [9.17, 15) is 4.79 Å². The molecule has 22 heavy (non-hydrogen) atoms. The van der Waals surface area contributed by atoms with Gasteiger partial charge in [-0.05, 0) is 54.7 Å². The molecular weight excluding hydrogens is 274 g/mol. The van der Waals surface area contributed by atoms with E-state index in [0.29, 0.717) is 17.9 Å². The number of carbonyl (C=O) groups is 1. The molecule has 122 valence electrons. The van der Waals surface area contributed by atoms with Crippen LogP contribution in [0.4, 0.5) is 0 Å². The number of nitrogens with one attached hydrogen (secondary N) is 1. The van der Waals surface area contributed by atoms with Crippen molar-refractivity contribution < 1.29 is 9.53 Å². The van der Waals surface area contributed by atoms with Gasteiger partial charge in [-0.2, -0.15) is 0 Å². The molecule has 1 aromatic carbocycles. The van der Waals surface area contributed by atoms with E-state index in [-0.39, 0.29) is 5.91 Å². The number of carbonyl (C=O) groups excluding carboxylic acids is 1. The Balaban J connectivity index is 1.78. The Bertz CT molecular complexity index is 479. The summed E-state index contributed by atoms with van der Waals surface area (Å²) in [7, 11) is 1.65. The molecular formula is C19H29NO2. The van der Waals surface area contributed by atoms with Crippen molar-refractivity contribution in [2.24, 2.45) is 11.3 Å². The van der Waals surface area contributed by atoms with Crippen LogP contribution < -0.4 is 10.1 Å². The normalized spacial score (nSPS) is 22.2. The summed E-state index contributed by atoms with van der Waals surface area (Å²) in [6.45, 7) is 6.96. The molecule has 0 aliphatic heterocycles. The summed E-state index contributed by atoms with van der Waals surface area (Å²) in [6, 6.07) is 8.06. The quantitative estimate of drug-likeness (QED) is 0.914. The fourth-order valence-corrected chi connectivity index (χ4v) is 3.31. The third-order valence-electron chi connectivity index (χ3n) is 4.84. The van der Waals surface area contributed by atoms with E-state index in [4.69, 9.17) is 4.74 Å². The number of hydrogen-bond acceptors (Lipinski definition) is 2. The molecule has 1 N–H and O–H groups in total. The molecule has 1 aliphatic rings. The lowest BCUT2D eigenvalue weighted by atomic mass is 9.71. The van der Waals surface area contributed by atoms with Crippen LogP contribution in [-0.4, -0.2) is 19.1 Å². The van der Waals surface area contributed by atoms with E-state index in [1.807, 2.05) is 24.3 Å². The number of methoxy groups -OCH3 is 1. The lowest BCUT2D eigenvalue weighted by molar-refractivity contribution is -0.121. The van der Waals surface area contributed by atoms with Gasteiger partial charge in [0, 0.05) is 6.04 Å². The van der Waals surface area contributed by atoms with E-state index in [1.165, 1.54) is 12.8 Å². The van der Waals surface area contributed by atoms with Crippen LogP contribution in [0.15, 0.2) is 24.3 Å². The number of rotatable bonds is 4. The summed E-state index contributed by atoms with van der Waals surface area (Å²) >= 11 is 0. The second-order valence-corrected chi connectivity index (χ2v) is 7.51. The summed E-state index contributed by atoms with van der Waals surface area (Å²) in [4.78, 5) is 12.2. The molecule has 1 amide bonds. The minimum Gasteiger partial charge on any atom is -0.497 e. The summed E-state index contributed by atoms with van der Waals surface area (Å²) in [5.41, 5.74) is 1.42. The van der Waals surface area contributed by atoms with E-state index in [2.05, 4.69) is 26.1 Å². The molecule has 0 heterocycles. The second-order valence-electron chi connectivity index (χ2n) is 7.51. The van der Waals surface area contributed by atoms with Crippen LogP contribution >= 0.6 is 0 Å². The first-order chi connectivity index (χ1) is 10.4. The number of benzene rings is 1. The van der Waals surface area contributed by atoms with Gasteiger partial charge < -0.3 is 10.1 Å². The topological polar surface area (TPSA) is 38.3 Å². The van der Waals surface area contributed by atoms with Gasteiger partial charge in [0.25, 0.3) is 0 Å². The second kappa shape index (κ2) is 7.17. The van der Waals surface area contributed by atoms with Gasteiger partial charge in [-0.3, -0.25) is 4.79 Å². The van der Waals surface area contributed by atoms with Crippen molar-refractivity contribution in [1.29, 1.82) is 0 Å². The minimum absolute atomic E-state index is 0.129. The number of hydrogen-bond donors (Lipinski definition) is 1. The number of amides is 1. The highest BCUT2D eigenvalue weighted by Gasteiger charge is 2.30. The smallest absolute Gasteiger partial charge is 0.224 e. The highest BCUT2D eigenvalue weighted by atomic mass is 16.5. The molecule has 0 aromatic heterocycles. The Labute approximate surface area is 134 Å². The fraction of sp³-hybridized carbons (Fsp3) is 0.632. The Hall–Kier alpha value is -1.51. The summed E-state index contributed by atoms with van der Waals surface area (Å²) < 4.78 is 5.13. The molecule has 1 saturated carbocycles. The van der Waals surface area contributed by atoms with Crippen molar-refractivity contribution in [2.75, 3.05) is 7.11 Å². The van der Waals surface area contributed by atoms with Crippen molar-refractivity contribution in [1.82, 2.24) is 5.32 Å². The molecule has 1 fully saturated rings. The van der Waals surface area contributed by atoms with E-state index < -0.39 is 0 Å². The fourth-order valence-electron chi connectivity index (χ4n) is 3.31. The third kappa shape index (κ3) is 4.75. The molecule has 3 nitrogen and oxygen atoms in total. The van der Waals surface area contributed by atoms with Crippen molar-refractivity contribution in [3.63, 3.8) is 0 Å². The lowest BCUT2D eigenvalue weighted by Gasteiger charge is -2.37. The molecule has 0 radical (unpaired) electrons. The lowest BCUT2D eigenvalue weighted by Crippen LogP contribution is -2.40. The predicted octanol–water partition coefficient (Wildman–Crippen LogP) is 3.96. The van der Waals surface area contributed by atoms with Gasteiger partial charge >= 0.3 is 0 Å². The molecule has 0 spiro atoms.